The van der Waals surface area contributed by atoms with Crippen molar-refractivity contribution in [3.8, 4) is 5.75 Å². The third kappa shape index (κ3) is 7.25. The molecule has 0 spiro atoms. The number of hydrogen-bond donors (Lipinski definition) is 2. The van der Waals surface area contributed by atoms with Crippen LogP contribution in [0.2, 0.25) is 0 Å². The fourth-order valence-corrected chi connectivity index (χ4v) is 2.21. The number of aliphatic imine (C=N–C) groups is 1. The average molecular weight is 505 g/mol. The predicted molar refractivity (Wildman–Crippen MR) is 118 cm³/mol. The zero-order chi connectivity index (χ0) is 19.9. The molecule has 0 amide bonds. The minimum atomic E-state index is -0.370. The molecule has 0 saturated carbocycles. The number of ether oxygens (including phenoxy) is 1. The van der Waals surface area contributed by atoms with Crippen LogP contribution in [0.15, 0.2) is 33.8 Å². The summed E-state index contributed by atoms with van der Waals surface area (Å²) in [4.78, 5) is 8.54. The van der Waals surface area contributed by atoms with E-state index >= 15 is 0 Å². The highest BCUT2D eigenvalue weighted by Crippen LogP contribution is 2.19. The van der Waals surface area contributed by atoms with E-state index in [1.165, 1.54) is 6.07 Å². The summed E-state index contributed by atoms with van der Waals surface area (Å²) in [7, 11) is 1.67. The molecule has 1 aromatic carbocycles. The van der Waals surface area contributed by atoms with E-state index in [9.17, 15) is 4.39 Å². The maximum absolute atomic E-state index is 13.7. The van der Waals surface area contributed by atoms with Crippen molar-refractivity contribution in [2.75, 3.05) is 13.6 Å². The van der Waals surface area contributed by atoms with E-state index in [1.54, 1.807) is 25.2 Å². The lowest BCUT2D eigenvalue weighted by atomic mass is 9.97. The van der Waals surface area contributed by atoms with Gasteiger partial charge in [0.1, 0.15) is 6.10 Å². The number of aromatic nitrogens is 2. The van der Waals surface area contributed by atoms with Crippen molar-refractivity contribution in [2.24, 2.45) is 4.99 Å². The van der Waals surface area contributed by atoms with Gasteiger partial charge in [-0.15, -0.1) is 24.0 Å². The Morgan fingerprint density at radius 2 is 2.00 bits per heavy atom. The maximum Gasteiger partial charge on any atom is 0.232 e. The lowest BCUT2D eigenvalue weighted by molar-refractivity contribution is 0.191. The van der Waals surface area contributed by atoms with E-state index in [4.69, 9.17) is 9.26 Å². The molecule has 0 radical (unpaired) electrons. The Bertz CT molecular complexity index is 761. The van der Waals surface area contributed by atoms with Crippen molar-refractivity contribution in [3.05, 3.63) is 41.8 Å². The summed E-state index contributed by atoms with van der Waals surface area (Å²) in [6, 6.07) is 6.38. The number of benzene rings is 1. The number of guanidine groups is 1. The smallest absolute Gasteiger partial charge is 0.232 e. The second-order valence-corrected chi connectivity index (χ2v) is 7.15. The van der Waals surface area contributed by atoms with Gasteiger partial charge in [0.05, 0.1) is 13.1 Å². The lowest BCUT2D eigenvalue weighted by Gasteiger charge is -2.20. The zero-order valence-electron chi connectivity index (χ0n) is 17.0. The first-order chi connectivity index (χ1) is 12.8. The number of nitrogens with zero attached hydrogens (tertiary/aromatic N) is 3. The van der Waals surface area contributed by atoms with Gasteiger partial charge in [-0.05, 0) is 18.6 Å². The van der Waals surface area contributed by atoms with E-state index < -0.39 is 0 Å². The molecule has 0 saturated heterocycles. The Morgan fingerprint density at radius 1 is 1.29 bits per heavy atom. The highest BCUT2D eigenvalue weighted by Gasteiger charge is 2.21. The molecule has 0 bridgehead atoms. The molecule has 0 aliphatic rings. The fraction of sp³-hybridized carbons (Fsp3) is 0.526. The molecule has 0 aliphatic heterocycles. The summed E-state index contributed by atoms with van der Waals surface area (Å²) in [5.41, 5.74) is -0.191. The molecule has 0 fully saturated rings. The molecule has 1 heterocycles. The Balaban J connectivity index is 0.00000392. The number of hydrogen-bond acceptors (Lipinski definition) is 5. The van der Waals surface area contributed by atoms with Gasteiger partial charge in [-0.2, -0.15) is 4.98 Å². The Kier molecular flexibility index (Phi) is 9.63. The molecule has 1 aromatic heterocycles. The molecule has 1 unspecified atom stereocenters. The normalized spacial score (nSPS) is 12.9. The zero-order valence-corrected chi connectivity index (χ0v) is 19.3. The minimum Gasteiger partial charge on any atom is -0.486 e. The summed E-state index contributed by atoms with van der Waals surface area (Å²) in [6.45, 7) is 8.88. The van der Waals surface area contributed by atoms with E-state index in [0.717, 1.165) is 6.42 Å². The first kappa shape index (κ1) is 24.1. The van der Waals surface area contributed by atoms with Crippen LogP contribution in [-0.2, 0) is 12.0 Å². The minimum absolute atomic E-state index is 0. The number of rotatable bonds is 7. The first-order valence-corrected chi connectivity index (χ1v) is 9.02. The molecule has 156 valence electrons. The van der Waals surface area contributed by atoms with E-state index in [2.05, 4.69) is 25.8 Å². The summed E-state index contributed by atoms with van der Waals surface area (Å²) < 4.78 is 24.7. The third-order valence-electron chi connectivity index (χ3n) is 3.83. The van der Waals surface area contributed by atoms with Crippen molar-refractivity contribution >= 4 is 29.9 Å². The monoisotopic (exact) mass is 505 g/mol. The van der Waals surface area contributed by atoms with Crippen molar-refractivity contribution in [1.29, 1.82) is 0 Å². The van der Waals surface area contributed by atoms with Crippen molar-refractivity contribution in [2.45, 2.75) is 52.2 Å². The molecule has 1 atom stereocenters. The number of para-hydroxylation sites is 1. The van der Waals surface area contributed by atoms with Crippen LogP contribution in [0.1, 0.15) is 45.8 Å². The summed E-state index contributed by atoms with van der Waals surface area (Å²) in [5, 5.41) is 10.3. The van der Waals surface area contributed by atoms with Crippen LogP contribution in [0.5, 0.6) is 5.75 Å². The highest BCUT2D eigenvalue weighted by atomic mass is 127. The third-order valence-corrected chi connectivity index (χ3v) is 3.83. The average Bonchev–Trinajstić information content (AvgIpc) is 3.11. The molecule has 2 aromatic rings. The van der Waals surface area contributed by atoms with Crippen molar-refractivity contribution in [1.82, 2.24) is 20.8 Å². The van der Waals surface area contributed by atoms with Gasteiger partial charge >= 0.3 is 0 Å². The first-order valence-electron chi connectivity index (χ1n) is 9.02. The lowest BCUT2D eigenvalue weighted by Crippen LogP contribution is -2.42. The van der Waals surface area contributed by atoms with Gasteiger partial charge in [0, 0.05) is 12.5 Å². The molecular formula is C19H29FIN5O2. The second-order valence-electron chi connectivity index (χ2n) is 7.15. The van der Waals surface area contributed by atoms with Gasteiger partial charge in [-0.1, -0.05) is 45.0 Å². The Labute approximate surface area is 182 Å². The summed E-state index contributed by atoms with van der Waals surface area (Å²) in [5.74, 6) is 1.60. The van der Waals surface area contributed by atoms with E-state index in [-0.39, 0.29) is 47.1 Å². The van der Waals surface area contributed by atoms with Gasteiger partial charge in [0.15, 0.2) is 23.4 Å². The standard InChI is InChI=1S/C19H28FN5O2.HI/c1-6-13(26-15-10-8-7-9-14(15)20)11-22-18(21-5)23-12-16-24-17(27-25-16)19(2,3)4;/h7-10,13H,6,11-12H2,1-5H3,(H2,21,22,23);1H. The van der Waals surface area contributed by atoms with Crippen LogP contribution in [0.4, 0.5) is 4.39 Å². The van der Waals surface area contributed by atoms with Gasteiger partial charge in [0.25, 0.3) is 0 Å². The molecule has 9 heteroatoms. The van der Waals surface area contributed by atoms with Crippen LogP contribution >= 0.6 is 24.0 Å². The number of nitrogens with one attached hydrogen (secondary N) is 2. The topological polar surface area (TPSA) is 84.6 Å². The summed E-state index contributed by atoms with van der Waals surface area (Å²) in [6.07, 6.45) is 0.524. The van der Waals surface area contributed by atoms with Crippen LogP contribution in [0.3, 0.4) is 0 Å². The van der Waals surface area contributed by atoms with Crippen LogP contribution < -0.4 is 15.4 Å². The largest absolute Gasteiger partial charge is 0.486 e. The van der Waals surface area contributed by atoms with Crippen LogP contribution in [-0.4, -0.2) is 35.8 Å². The Hall–Kier alpha value is -1.91. The van der Waals surface area contributed by atoms with Crippen molar-refractivity contribution in [3.63, 3.8) is 0 Å². The van der Waals surface area contributed by atoms with Gasteiger partial charge in [0.2, 0.25) is 5.89 Å². The quantitative estimate of drug-likeness (QED) is 0.340. The molecular weight excluding hydrogens is 476 g/mol. The highest BCUT2D eigenvalue weighted by molar-refractivity contribution is 14.0. The van der Waals surface area contributed by atoms with Crippen molar-refractivity contribution < 1.29 is 13.7 Å². The van der Waals surface area contributed by atoms with E-state index in [0.29, 0.717) is 30.8 Å². The molecule has 28 heavy (non-hydrogen) atoms. The van der Waals surface area contributed by atoms with Gasteiger partial charge in [-0.3, -0.25) is 4.99 Å². The SMILES string of the molecule is CCC(CNC(=NC)NCc1noc(C(C)(C)C)n1)Oc1ccccc1F.I. The van der Waals surface area contributed by atoms with E-state index in [1.807, 2.05) is 27.7 Å². The molecule has 2 rings (SSSR count). The maximum atomic E-state index is 13.7. The number of halogens is 2. The Morgan fingerprint density at radius 3 is 2.57 bits per heavy atom. The predicted octanol–water partition coefficient (Wildman–Crippen LogP) is 3.65. The van der Waals surface area contributed by atoms with Crippen LogP contribution in [0, 0.1) is 5.82 Å². The van der Waals surface area contributed by atoms with Gasteiger partial charge < -0.3 is 19.9 Å². The van der Waals surface area contributed by atoms with Crippen LogP contribution in [0.25, 0.3) is 0 Å². The fourth-order valence-electron chi connectivity index (χ4n) is 2.21. The molecule has 7 nitrogen and oxygen atoms in total. The molecule has 0 aliphatic carbocycles. The second kappa shape index (κ2) is 11.2. The molecule has 2 N–H and O–H groups in total. The van der Waals surface area contributed by atoms with Gasteiger partial charge in [-0.25, -0.2) is 4.39 Å². The summed E-state index contributed by atoms with van der Waals surface area (Å²) >= 11 is 0.